The van der Waals surface area contributed by atoms with Crippen molar-refractivity contribution >= 4 is 17.7 Å². The van der Waals surface area contributed by atoms with E-state index in [9.17, 15) is 14.4 Å². The Bertz CT molecular complexity index is 854. The molecule has 0 radical (unpaired) electrons. The van der Waals surface area contributed by atoms with Gasteiger partial charge in [-0.2, -0.15) is 5.01 Å². The molecule has 0 aliphatic carbocycles. The van der Waals surface area contributed by atoms with Gasteiger partial charge in [-0.1, -0.05) is 6.92 Å². The molecule has 3 heterocycles. The minimum Gasteiger partial charge on any atom is -0.493 e. The molecule has 2 fully saturated rings. The monoisotopic (exact) mass is 373 g/mol. The number of ether oxygens (including phenoxy) is 2. The topological polar surface area (TPSA) is 79.4 Å². The molecule has 0 saturated carbocycles. The molecule has 3 aliphatic heterocycles. The molecular weight excluding hydrogens is 350 g/mol. The van der Waals surface area contributed by atoms with Gasteiger partial charge in [0.15, 0.2) is 17.2 Å². The van der Waals surface area contributed by atoms with Crippen molar-refractivity contribution < 1.29 is 23.9 Å². The van der Waals surface area contributed by atoms with Crippen molar-refractivity contribution in [1.82, 2.24) is 14.9 Å². The van der Waals surface area contributed by atoms with E-state index in [-0.39, 0.29) is 24.1 Å². The van der Waals surface area contributed by atoms with Gasteiger partial charge < -0.3 is 14.4 Å². The summed E-state index contributed by atoms with van der Waals surface area (Å²) in [6, 6.07) is 3.44. The second-order valence-electron chi connectivity index (χ2n) is 7.03. The quantitative estimate of drug-likeness (QED) is 0.796. The standard InChI is InChI=1S/C19H23N3O5/c1-5-16(23)22-17(24)11(2)19-13-10-15(27-4)14(26-3)9-12(13)18(25)20(19)7-6-8-21(19)22/h9-11H,5-8H2,1-4H3/t11-,19+/m0/s1. The van der Waals surface area contributed by atoms with Crippen LogP contribution in [-0.4, -0.2) is 59.9 Å². The molecule has 4 rings (SSSR count). The van der Waals surface area contributed by atoms with Crippen molar-refractivity contribution in [3.8, 4) is 11.5 Å². The molecule has 0 bridgehead atoms. The zero-order valence-electron chi connectivity index (χ0n) is 15.9. The second-order valence-corrected chi connectivity index (χ2v) is 7.03. The molecule has 1 aromatic rings. The first-order valence-corrected chi connectivity index (χ1v) is 9.16. The smallest absolute Gasteiger partial charge is 0.256 e. The number of amides is 3. The van der Waals surface area contributed by atoms with Gasteiger partial charge in [0.1, 0.15) is 0 Å². The Kier molecular flexibility index (Phi) is 3.92. The molecule has 0 unspecified atom stereocenters. The lowest BCUT2D eigenvalue weighted by molar-refractivity contribution is -0.174. The third kappa shape index (κ3) is 1.99. The van der Waals surface area contributed by atoms with Crippen LogP contribution in [0.1, 0.15) is 42.6 Å². The number of hydrogen-bond donors (Lipinski definition) is 0. The summed E-state index contributed by atoms with van der Waals surface area (Å²) in [5, 5.41) is 3.03. The zero-order chi connectivity index (χ0) is 19.5. The number of nitrogens with zero attached hydrogens (tertiary/aromatic N) is 3. The third-order valence-electron chi connectivity index (χ3n) is 5.92. The number of carbonyl (C=O) groups excluding carboxylic acids is 3. The highest BCUT2D eigenvalue weighted by atomic mass is 16.5. The average Bonchev–Trinajstić information content (AvgIpc) is 3.08. The maximum atomic E-state index is 13.2. The SMILES string of the molecule is CCC(=O)N1C(=O)[C@H](C)[C@@]23c4cc(OC)c(OC)cc4C(=O)N2CCCN13. The number of carbonyl (C=O) groups is 3. The molecule has 8 heteroatoms. The Hall–Kier alpha value is -2.61. The first kappa shape index (κ1) is 17.8. The van der Waals surface area contributed by atoms with Crippen molar-refractivity contribution in [3.63, 3.8) is 0 Å². The van der Waals surface area contributed by atoms with Gasteiger partial charge in [0.25, 0.3) is 11.8 Å². The van der Waals surface area contributed by atoms with Crippen LogP contribution in [-0.2, 0) is 15.3 Å². The molecule has 2 atom stereocenters. The van der Waals surface area contributed by atoms with E-state index in [1.54, 1.807) is 35.9 Å². The number of hydrazine groups is 1. The minimum atomic E-state index is -0.994. The van der Waals surface area contributed by atoms with Gasteiger partial charge in [-0.15, -0.1) is 0 Å². The molecule has 3 amide bonds. The van der Waals surface area contributed by atoms with Crippen LogP contribution in [0.15, 0.2) is 12.1 Å². The lowest BCUT2D eigenvalue weighted by Gasteiger charge is -2.48. The highest BCUT2D eigenvalue weighted by molar-refractivity contribution is 6.05. The van der Waals surface area contributed by atoms with Crippen molar-refractivity contribution in [1.29, 1.82) is 0 Å². The molecule has 27 heavy (non-hydrogen) atoms. The van der Waals surface area contributed by atoms with Gasteiger partial charge in [0, 0.05) is 25.1 Å². The Labute approximate surface area is 157 Å². The van der Waals surface area contributed by atoms with E-state index in [4.69, 9.17) is 9.47 Å². The maximum Gasteiger partial charge on any atom is 0.256 e. The highest BCUT2D eigenvalue weighted by Crippen LogP contribution is 2.55. The summed E-state index contributed by atoms with van der Waals surface area (Å²) in [7, 11) is 3.05. The number of rotatable bonds is 3. The van der Waals surface area contributed by atoms with Crippen LogP contribution < -0.4 is 9.47 Å². The van der Waals surface area contributed by atoms with Gasteiger partial charge in [-0.3, -0.25) is 14.4 Å². The predicted octanol–water partition coefficient (Wildman–Crippen LogP) is 1.35. The third-order valence-corrected chi connectivity index (χ3v) is 5.92. The molecule has 1 spiro atoms. The molecule has 0 N–H and O–H groups in total. The predicted molar refractivity (Wildman–Crippen MR) is 94.9 cm³/mol. The Balaban J connectivity index is 1.98. The molecule has 8 nitrogen and oxygen atoms in total. The van der Waals surface area contributed by atoms with Gasteiger partial charge >= 0.3 is 0 Å². The molecule has 144 valence electrons. The number of methoxy groups -OCH3 is 2. The van der Waals surface area contributed by atoms with Crippen LogP contribution in [0.4, 0.5) is 0 Å². The molecule has 3 aliphatic rings. The van der Waals surface area contributed by atoms with E-state index in [0.717, 1.165) is 0 Å². The fourth-order valence-electron chi connectivity index (χ4n) is 4.73. The van der Waals surface area contributed by atoms with Crippen LogP contribution in [0, 0.1) is 5.92 Å². The fraction of sp³-hybridized carbons (Fsp3) is 0.526. The summed E-state index contributed by atoms with van der Waals surface area (Å²) >= 11 is 0. The van der Waals surface area contributed by atoms with Gasteiger partial charge in [0.2, 0.25) is 5.91 Å². The molecule has 0 aromatic heterocycles. The van der Waals surface area contributed by atoms with Crippen molar-refractivity contribution in [2.45, 2.75) is 32.4 Å². The molecular formula is C19H23N3O5. The van der Waals surface area contributed by atoms with Crippen molar-refractivity contribution in [3.05, 3.63) is 23.3 Å². The normalized spacial score (nSPS) is 26.7. The number of fused-ring (bicyclic) bond motifs is 1. The Morgan fingerprint density at radius 3 is 2.48 bits per heavy atom. The summed E-state index contributed by atoms with van der Waals surface area (Å²) in [6.45, 7) is 4.57. The summed E-state index contributed by atoms with van der Waals surface area (Å²) in [6.07, 6.45) is 0.904. The van der Waals surface area contributed by atoms with E-state index in [1.807, 2.05) is 0 Å². The summed E-state index contributed by atoms with van der Waals surface area (Å²) in [5.74, 6) is -0.301. The zero-order valence-corrected chi connectivity index (χ0v) is 15.9. The highest BCUT2D eigenvalue weighted by Gasteiger charge is 2.67. The molecule has 2 saturated heterocycles. The van der Waals surface area contributed by atoms with E-state index in [1.165, 1.54) is 19.2 Å². The first-order valence-electron chi connectivity index (χ1n) is 9.16. The number of imide groups is 1. The summed E-state index contributed by atoms with van der Waals surface area (Å²) in [5.41, 5.74) is 0.189. The van der Waals surface area contributed by atoms with Crippen LogP contribution in [0.3, 0.4) is 0 Å². The van der Waals surface area contributed by atoms with Gasteiger partial charge in [-0.05, 0) is 25.5 Å². The summed E-state index contributed by atoms with van der Waals surface area (Å²) in [4.78, 5) is 40.6. The largest absolute Gasteiger partial charge is 0.493 e. The number of benzene rings is 1. The fourth-order valence-corrected chi connectivity index (χ4v) is 4.73. The average molecular weight is 373 g/mol. The van der Waals surface area contributed by atoms with Gasteiger partial charge in [0.05, 0.1) is 25.7 Å². The van der Waals surface area contributed by atoms with Crippen molar-refractivity contribution in [2.24, 2.45) is 5.92 Å². The van der Waals surface area contributed by atoms with Crippen LogP contribution >= 0.6 is 0 Å². The molecule has 1 aromatic carbocycles. The van der Waals surface area contributed by atoms with E-state index in [2.05, 4.69) is 0 Å². The Morgan fingerprint density at radius 2 is 1.85 bits per heavy atom. The van der Waals surface area contributed by atoms with E-state index < -0.39 is 11.6 Å². The van der Waals surface area contributed by atoms with E-state index in [0.29, 0.717) is 42.1 Å². The maximum absolute atomic E-state index is 13.2. The minimum absolute atomic E-state index is 0.152. The van der Waals surface area contributed by atoms with Gasteiger partial charge in [-0.25, -0.2) is 5.01 Å². The number of hydrogen-bond acceptors (Lipinski definition) is 6. The summed E-state index contributed by atoms with van der Waals surface area (Å²) < 4.78 is 10.8. The van der Waals surface area contributed by atoms with Crippen LogP contribution in [0.25, 0.3) is 0 Å². The lowest BCUT2D eigenvalue weighted by Crippen LogP contribution is -2.62. The Morgan fingerprint density at radius 1 is 1.19 bits per heavy atom. The van der Waals surface area contributed by atoms with Crippen molar-refractivity contribution in [2.75, 3.05) is 27.3 Å². The second kappa shape index (κ2) is 5.95. The van der Waals surface area contributed by atoms with Crippen LogP contribution in [0.5, 0.6) is 11.5 Å². The lowest BCUT2D eigenvalue weighted by atomic mass is 9.85. The van der Waals surface area contributed by atoms with E-state index >= 15 is 0 Å². The van der Waals surface area contributed by atoms with Crippen LogP contribution in [0.2, 0.25) is 0 Å². The first-order chi connectivity index (χ1) is 12.9.